The molecule has 0 radical (unpaired) electrons. The molecular formula is C21H27BN2O12. The lowest BCUT2D eigenvalue weighted by Gasteiger charge is -2.39. The third-order valence-corrected chi connectivity index (χ3v) is 5.40. The number of alkyl carbamates (subject to hydrolysis) is 1. The minimum Gasteiger partial charge on any atom is -0.460 e. The highest BCUT2D eigenvalue weighted by molar-refractivity contribution is 6.58. The predicted octanol–water partition coefficient (Wildman–Crippen LogP) is -3.12. The van der Waals surface area contributed by atoms with Crippen molar-refractivity contribution in [2.24, 2.45) is 0 Å². The van der Waals surface area contributed by atoms with Crippen molar-refractivity contribution >= 4 is 37.1 Å². The molecule has 196 valence electrons. The van der Waals surface area contributed by atoms with E-state index in [0.717, 1.165) is 4.90 Å². The summed E-state index contributed by atoms with van der Waals surface area (Å²) in [5.41, 5.74) is 0.152. The van der Waals surface area contributed by atoms with E-state index in [0.29, 0.717) is 5.56 Å². The number of carbonyl (C=O) groups excluding carboxylic acids is 4. The van der Waals surface area contributed by atoms with Crippen molar-refractivity contribution in [2.45, 2.75) is 50.2 Å². The van der Waals surface area contributed by atoms with Crippen LogP contribution in [0.3, 0.4) is 0 Å². The van der Waals surface area contributed by atoms with Gasteiger partial charge in [-0.1, -0.05) is 6.07 Å². The monoisotopic (exact) mass is 510 g/mol. The van der Waals surface area contributed by atoms with Crippen molar-refractivity contribution in [3.05, 3.63) is 23.8 Å². The van der Waals surface area contributed by atoms with Crippen LogP contribution in [-0.4, -0.2) is 103 Å². The van der Waals surface area contributed by atoms with Crippen LogP contribution in [0, 0.1) is 0 Å². The molecule has 2 heterocycles. The van der Waals surface area contributed by atoms with Gasteiger partial charge in [-0.3, -0.25) is 14.9 Å². The summed E-state index contributed by atoms with van der Waals surface area (Å²) in [6.45, 7) is -1.34. The Morgan fingerprint density at radius 1 is 1.11 bits per heavy atom. The Hall–Kier alpha value is -3.08. The number of carbonyl (C=O) groups is 4. The number of benzene rings is 1. The van der Waals surface area contributed by atoms with E-state index >= 15 is 0 Å². The molecule has 14 nitrogen and oxygen atoms in total. The van der Waals surface area contributed by atoms with Crippen molar-refractivity contribution in [3.63, 3.8) is 0 Å². The number of nitrogens with one attached hydrogen (secondary N) is 1. The van der Waals surface area contributed by atoms with Gasteiger partial charge in [0.05, 0.1) is 18.9 Å². The van der Waals surface area contributed by atoms with E-state index in [1.54, 1.807) is 0 Å². The fraction of sp³-hybridized carbons (Fsp3) is 0.524. The Morgan fingerprint density at radius 2 is 1.81 bits per heavy atom. The summed E-state index contributed by atoms with van der Waals surface area (Å²) in [4.78, 5) is 48.3. The van der Waals surface area contributed by atoms with Gasteiger partial charge in [0, 0.05) is 12.8 Å². The average molecular weight is 510 g/mol. The smallest absolute Gasteiger partial charge is 0.409 e. The Bertz CT molecular complexity index is 974. The molecule has 0 aromatic heterocycles. The Kier molecular flexibility index (Phi) is 9.36. The van der Waals surface area contributed by atoms with E-state index in [1.165, 1.54) is 26.0 Å². The average Bonchev–Trinajstić information content (AvgIpc) is 3.18. The first-order chi connectivity index (χ1) is 17.1. The molecule has 5 atom stereocenters. The highest BCUT2D eigenvalue weighted by Crippen LogP contribution is 2.36. The molecular weight excluding hydrogens is 483 g/mol. The molecule has 2 aliphatic rings. The number of nitrogens with zero attached hydrogens (tertiary/aromatic N) is 1. The molecule has 2 fully saturated rings. The fourth-order valence-electron chi connectivity index (χ4n) is 3.57. The second-order valence-corrected chi connectivity index (χ2v) is 8.19. The van der Waals surface area contributed by atoms with Crippen molar-refractivity contribution in [2.75, 3.05) is 24.8 Å². The van der Waals surface area contributed by atoms with Gasteiger partial charge in [0.15, 0.2) is 7.85 Å². The van der Waals surface area contributed by atoms with Crippen LogP contribution in [0.2, 0.25) is 0 Å². The molecule has 3 rings (SSSR count). The number of ether oxygens (including phenoxy) is 4. The first-order valence-corrected chi connectivity index (χ1v) is 11.1. The molecule has 0 aliphatic carbocycles. The molecule has 1 aromatic carbocycles. The highest BCUT2D eigenvalue weighted by atomic mass is 16.7. The summed E-state index contributed by atoms with van der Waals surface area (Å²) in [6, 6.07) is 4.19. The van der Waals surface area contributed by atoms with Crippen LogP contribution in [0.15, 0.2) is 18.2 Å². The zero-order valence-electron chi connectivity index (χ0n) is 19.4. The lowest BCUT2D eigenvalue weighted by Crippen LogP contribution is -2.60. The Labute approximate surface area is 206 Å². The number of aliphatic hydroxyl groups is 4. The zero-order valence-corrected chi connectivity index (χ0v) is 19.4. The fourth-order valence-corrected chi connectivity index (χ4v) is 3.57. The summed E-state index contributed by atoms with van der Waals surface area (Å²) >= 11 is 0. The zero-order chi connectivity index (χ0) is 26.4. The van der Waals surface area contributed by atoms with E-state index in [-0.39, 0.29) is 49.9 Å². The number of anilines is 1. The summed E-state index contributed by atoms with van der Waals surface area (Å²) in [5.74, 6) is -1.08. The molecule has 2 saturated heterocycles. The normalized spacial score (nSPS) is 26.1. The molecule has 3 amide bonds. The van der Waals surface area contributed by atoms with E-state index in [4.69, 9.17) is 18.9 Å². The minimum absolute atomic E-state index is 0.00856. The lowest BCUT2D eigenvalue weighted by molar-refractivity contribution is -0.277. The van der Waals surface area contributed by atoms with Crippen LogP contribution < -0.4 is 15.0 Å². The maximum atomic E-state index is 12.4. The summed E-state index contributed by atoms with van der Waals surface area (Å²) in [6.07, 6.45) is -8.65. The van der Waals surface area contributed by atoms with E-state index in [1.807, 2.05) is 0 Å². The molecule has 5 N–H and O–H groups in total. The van der Waals surface area contributed by atoms with Crippen LogP contribution in [0.1, 0.15) is 18.4 Å². The van der Waals surface area contributed by atoms with E-state index in [9.17, 15) is 39.6 Å². The van der Waals surface area contributed by atoms with Gasteiger partial charge in [-0.25, -0.2) is 9.69 Å². The maximum absolute atomic E-state index is 12.4. The van der Waals surface area contributed by atoms with Gasteiger partial charge in [0.1, 0.15) is 49.2 Å². The number of hydrogen-bond donors (Lipinski definition) is 5. The van der Waals surface area contributed by atoms with Gasteiger partial charge in [-0.2, -0.15) is 0 Å². The summed E-state index contributed by atoms with van der Waals surface area (Å²) in [5, 5.41) is 41.9. The Morgan fingerprint density at radius 3 is 2.44 bits per heavy atom. The third kappa shape index (κ3) is 6.57. The van der Waals surface area contributed by atoms with E-state index in [2.05, 4.69) is 5.32 Å². The molecule has 15 heteroatoms. The van der Waals surface area contributed by atoms with Crippen LogP contribution in [-0.2, 0) is 35.2 Å². The van der Waals surface area contributed by atoms with Gasteiger partial charge in [-0.15, -0.1) is 0 Å². The number of rotatable bonds is 10. The third-order valence-electron chi connectivity index (χ3n) is 5.40. The van der Waals surface area contributed by atoms with Crippen molar-refractivity contribution in [1.29, 1.82) is 0 Å². The number of imide groups is 1. The minimum atomic E-state index is -1.71. The standard InChI is InChI=1S/C21H27BN2O12/c22-14(26)8-33-9-23-21(32)34-7-10-1-2-12(11(5-10)24-15(27)3-4-16(24)28)35-20-19(31)18(30)17(29)13(6-25)36-20/h1-2,5,13,17-20,25,29-31H,3-4,6-9,22H2,(H,23,32)/t13-,17+,18+,19-,20-/m1/s1. The molecule has 1 aromatic rings. The van der Waals surface area contributed by atoms with Crippen LogP contribution in [0.4, 0.5) is 10.5 Å². The van der Waals surface area contributed by atoms with Crippen molar-refractivity contribution in [3.8, 4) is 5.75 Å². The predicted molar refractivity (Wildman–Crippen MR) is 120 cm³/mol. The second kappa shape index (κ2) is 12.2. The van der Waals surface area contributed by atoms with Gasteiger partial charge in [-0.05, 0) is 17.7 Å². The number of amides is 3. The molecule has 36 heavy (non-hydrogen) atoms. The summed E-state index contributed by atoms with van der Waals surface area (Å²) in [7, 11) is 1.33. The molecule has 0 spiro atoms. The Balaban J connectivity index is 1.75. The largest absolute Gasteiger partial charge is 0.460 e. The summed E-state index contributed by atoms with van der Waals surface area (Å²) < 4.78 is 21.0. The first kappa shape index (κ1) is 27.5. The van der Waals surface area contributed by atoms with Crippen LogP contribution in [0.25, 0.3) is 0 Å². The van der Waals surface area contributed by atoms with Gasteiger partial charge in [0.25, 0.3) is 0 Å². The molecule has 2 aliphatic heterocycles. The number of hydrogen-bond acceptors (Lipinski definition) is 12. The van der Waals surface area contributed by atoms with Crippen LogP contribution in [0.5, 0.6) is 5.75 Å². The van der Waals surface area contributed by atoms with Crippen molar-refractivity contribution < 1.29 is 58.6 Å². The van der Waals surface area contributed by atoms with Gasteiger partial charge >= 0.3 is 6.09 Å². The molecule has 0 saturated carbocycles. The quantitative estimate of drug-likeness (QED) is 0.0919. The van der Waals surface area contributed by atoms with Crippen LogP contribution >= 0.6 is 0 Å². The lowest BCUT2D eigenvalue weighted by atomic mass is 9.99. The van der Waals surface area contributed by atoms with Gasteiger partial charge in [0.2, 0.25) is 18.1 Å². The van der Waals surface area contributed by atoms with Crippen molar-refractivity contribution in [1.82, 2.24) is 5.32 Å². The second-order valence-electron chi connectivity index (χ2n) is 8.19. The topological polar surface area (TPSA) is 201 Å². The highest BCUT2D eigenvalue weighted by Gasteiger charge is 2.45. The van der Waals surface area contributed by atoms with Gasteiger partial charge < -0.3 is 44.2 Å². The molecule has 0 bridgehead atoms. The number of aliphatic hydroxyl groups excluding tert-OH is 4. The maximum Gasteiger partial charge on any atom is 0.409 e. The molecule has 0 unspecified atom stereocenters. The first-order valence-electron chi connectivity index (χ1n) is 11.1. The van der Waals surface area contributed by atoms with E-state index < -0.39 is 55.2 Å². The SMILES string of the molecule is BC(=O)COCNC(=O)OCc1ccc(O[C@@H]2O[C@H](CO)[C@H](O)[C@H](O)[C@H]2O)c(N2C(=O)CCC2=O)c1.